The van der Waals surface area contributed by atoms with Crippen LogP contribution in [0, 0.1) is 0 Å². The highest BCUT2D eigenvalue weighted by atomic mass is 16.5. The van der Waals surface area contributed by atoms with Gasteiger partial charge in [-0.15, -0.1) is 0 Å². The van der Waals surface area contributed by atoms with Crippen molar-refractivity contribution in [2.45, 2.75) is 31.7 Å². The van der Waals surface area contributed by atoms with Crippen LogP contribution in [0.2, 0.25) is 0 Å². The van der Waals surface area contributed by atoms with Gasteiger partial charge in [-0.25, -0.2) is 4.98 Å². The number of carbonyl (C=O) groups is 2. The maximum absolute atomic E-state index is 14.1. The molecule has 1 aliphatic rings. The summed E-state index contributed by atoms with van der Waals surface area (Å²) in [6.45, 7) is 1.55. The minimum atomic E-state index is -0.269. The van der Waals surface area contributed by atoms with E-state index in [4.69, 9.17) is 9.72 Å². The van der Waals surface area contributed by atoms with E-state index in [2.05, 4.69) is 10.3 Å². The highest BCUT2D eigenvalue weighted by Crippen LogP contribution is 2.32. The number of aryl methyl sites for hydroxylation is 1. The van der Waals surface area contributed by atoms with Crippen molar-refractivity contribution in [3.8, 4) is 28.1 Å². The van der Waals surface area contributed by atoms with Crippen molar-refractivity contribution in [1.29, 1.82) is 0 Å². The van der Waals surface area contributed by atoms with E-state index in [0.717, 1.165) is 36.1 Å². The van der Waals surface area contributed by atoms with E-state index in [0.29, 0.717) is 40.8 Å². The van der Waals surface area contributed by atoms with Gasteiger partial charge in [0.1, 0.15) is 11.3 Å². The standard InChI is InChI=1S/C31H32N4O4/c1-35(19-23-9-5-15-32-23)31(38)29-25(21-7-3-6-20(16-21)11-14-28(37)39-2)18-33-27-13-12-26(34-30(27)29)22-8-4-10-24(36)17-22/h3-4,6-8,10,12-13,16-18,23,32,36H,5,9,11,14-15,19H2,1-2H3/t23-/m0/s1. The van der Waals surface area contributed by atoms with Gasteiger partial charge in [-0.2, -0.15) is 0 Å². The molecule has 0 aliphatic carbocycles. The predicted molar refractivity (Wildman–Crippen MR) is 150 cm³/mol. The zero-order valence-electron chi connectivity index (χ0n) is 22.2. The average molecular weight is 525 g/mol. The Balaban J connectivity index is 1.62. The molecule has 4 aromatic rings. The molecule has 8 heteroatoms. The van der Waals surface area contributed by atoms with Gasteiger partial charge in [0.05, 0.1) is 23.9 Å². The smallest absolute Gasteiger partial charge is 0.305 e. The number of nitrogens with one attached hydrogen (secondary N) is 1. The number of hydrogen-bond acceptors (Lipinski definition) is 7. The zero-order valence-corrected chi connectivity index (χ0v) is 22.2. The van der Waals surface area contributed by atoms with Gasteiger partial charge in [-0.1, -0.05) is 36.4 Å². The summed E-state index contributed by atoms with van der Waals surface area (Å²) in [6, 6.07) is 18.7. The molecule has 2 N–H and O–H groups in total. The SMILES string of the molecule is COC(=O)CCc1cccc(-c2cnc3ccc(-c4cccc(O)c4)nc3c2C(=O)N(C)C[C@@H]2CCCN2)c1. The quantitative estimate of drug-likeness (QED) is 0.325. The highest BCUT2D eigenvalue weighted by Gasteiger charge is 2.25. The van der Waals surface area contributed by atoms with Crippen LogP contribution in [0.4, 0.5) is 0 Å². The molecule has 0 unspecified atom stereocenters. The lowest BCUT2D eigenvalue weighted by atomic mass is 9.96. The Kier molecular flexibility index (Phi) is 7.84. The molecule has 1 fully saturated rings. The van der Waals surface area contributed by atoms with Crippen molar-refractivity contribution >= 4 is 22.9 Å². The van der Waals surface area contributed by atoms with E-state index >= 15 is 0 Å². The number of benzene rings is 2. The first-order valence-electron chi connectivity index (χ1n) is 13.2. The number of phenolic OH excluding ortho intramolecular Hbond substituents is 1. The third-order valence-corrected chi connectivity index (χ3v) is 7.16. The highest BCUT2D eigenvalue weighted by molar-refractivity contribution is 6.10. The van der Waals surface area contributed by atoms with Gasteiger partial charge >= 0.3 is 5.97 Å². The molecule has 1 amide bonds. The number of aromatic nitrogens is 2. The van der Waals surface area contributed by atoms with Crippen LogP contribution in [-0.4, -0.2) is 65.1 Å². The second-order valence-electron chi connectivity index (χ2n) is 9.92. The largest absolute Gasteiger partial charge is 0.508 e. The lowest BCUT2D eigenvalue weighted by molar-refractivity contribution is -0.140. The van der Waals surface area contributed by atoms with Crippen LogP contribution in [0.3, 0.4) is 0 Å². The first-order valence-corrected chi connectivity index (χ1v) is 13.2. The topological polar surface area (TPSA) is 105 Å². The Bertz CT molecular complexity index is 1510. The van der Waals surface area contributed by atoms with Crippen LogP contribution in [0.25, 0.3) is 33.4 Å². The lowest BCUT2D eigenvalue weighted by Crippen LogP contribution is -2.39. The first kappa shape index (κ1) is 26.3. The number of esters is 1. The number of phenols is 1. The Labute approximate surface area is 227 Å². The van der Waals surface area contributed by atoms with Gasteiger partial charge in [0.25, 0.3) is 5.91 Å². The van der Waals surface area contributed by atoms with Gasteiger partial charge in [0.2, 0.25) is 0 Å². The molecule has 5 rings (SSSR count). The number of aromatic hydroxyl groups is 1. The molecule has 39 heavy (non-hydrogen) atoms. The molecule has 0 spiro atoms. The molecule has 1 saturated heterocycles. The summed E-state index contributed by atoms with van der Waals surface area (Å²) in [5, 5.41) is 13.5. The minimum Gasteiger partial charge on any atom is -0.508 e. The molecule has 1 atom stereocenters. The Morgan fingerprint density at radius 1 is 1.10 bits per heavy atom. The third-order valence-electron chi connectivity index (χ3n) is 7.16. The second-order valence-corrected chi connectivity index (χ2v) is 9.92. The molecule has 1 aliphatic heterocycles. The van der Waals surface area contributed by atoms with Crippen molar-refractivity contribution in [2.24, 2.45) is 0 Å². The molecule has 2 aromatic heterocycles. The molecule has 3 heterocycles. The van der Waals surface area contributed by atoms with Crippen LogP contribution < -0.4 is 5.32 Å². The monoisotopic (exact) mass is 524 g/mol. The number of rotatable bonds is 8. The number of pyridine rings is 2. The van der Waals surface area contributed by atoms with Crippen LogP contribution in [-0.2, 0) is 16.0 Å². The number of methoxy groups -OCH3 is 1. The lowest BCUT2D eigenvalue weighted by Gasteiger charge is -2.23. The molecule has 200 valence electrons. The summed E-state index contributed by atoms with van der Waals surface area (Å²) < 4.78 is 4.79. The van der Waals surface area contributed by atoms with Gasteiger partial charge < -0.3 is 20.1 Å². The number of amides is 1. The van der Waals surface area contributed by atoms with E-state index in [9.17, 15) is 14.7 Å². The van der Waals surface area contributed by atoms with Crippen LogP contribution in [0.5, 0.6) is 5.75 Å². The van der Waals surface area contributed by atoms with E-state index in [-0.39, 0.29) is 30.1 Å². The Hall–Kier alpha value is -4.30. The van der Waals surface area contributed by atoms with Gasteiger partial charge in [-0.05, 0) is 61.2 Å². The van der Waals surface area contributed by atoms with Crippen molar-refractivity contribution in [3.05, 3.63) is 78.0 Å². The molecule has 2 aromatic carbocycles. The van der Waals surface area contributed by atoms with Crippen LogP contribution in [0.15, 0.2) is 66.9 Å². The average Bonchev–Trinajstić information content (AvgIpc) is 3.47. The summed E-state index contributed by atoms with van der Waals surface area (Å²) in [7, 11) is 3.21. The predicted octanol–water partition coefficient (Wildman–Crippen LogP) is 4.60. The van der Waals surface area contributed by atoms with E-state index < -0.39 is 0 Å². The van der Waals surface area contributed by atoms with Gasteiger partial charge in [0, 0.05) is 43.4 Å². The molecule has 0 radical (unpaired) electrons. The summed E-state index contributed by atoms with van der Waals surface area (Å²) in [5.41, 5.74) is 5.44. The summed E-state index contributed by atoms with van der Waals surface area (Å²) >= 11 is 0. The zero-order chi connectivity index (χ0) is 27.4. The van der Waals surface area contributed by atoms with Crippen molar-refractivity contribution in [2.75, 3.05) is 27.2 Å². The Morgan fingerprint density at radius 3 is 2.69 bits per heavy atom. The minimum absolute atomic E-state index is 0.133. The summed E-state index contributed by atoms with van der Waals surface area (Å²) in [5.74, 6) is -0.258. The second kappa shape index (κ2) is 11.6. The van der Waals surface area contributed by atoms with E-state index in [1.165, 1.54) is 7.11 Å². The fourth-order valence-corrected chi connectivity index (χ4v) is 5.09. The molecular formula is C31H32N4O4. The van der Waals surface area contributed by atoms with Gasteiger partial charge in [-0.3, -0.25) is 14.6 Å². The fourth-order valence-electron chi connectivity index (χ4n) is 5.09. The number of ether oxygens (including phenoxy) is 1. The van der Waals surface area contributed by atoms with Gasteiger partial charge in [0.15, 0.2) is 0 Å². The molecule has 0 bridgehead atoms. The summed E-state index contributed by atoms with van der Waals surface area (Å²) in [4.78, 5) is 37.1. The molecule has 8 nitrogen and oxygen atoms in total. The Morgan fingerprint density at radius 2 is 1.92 bits per heavy atom. The maximum Gasteiger partial charge on any atom is 0.305 e. The summed E-state index contributed by atoms with van der Waals surface area (Å²) in [6.07, 6.45) is 4.66. The third kappa shape index (κ3) is 5.91. The van der Waals surface area contributed by atoms with Crippen molar-refractivity contribution in [3.63, 3.8) is 0 Å². The van der Waals surface area contributed by atoms with Crippen molar-refractivity contribution < 1.29 is 19.4 Å². The van der Waals surface area contributed by atoms with Crippen LogP contribution in [0.1, 0.15) is 35.2 Å². The number of nitrogens with zero attached hydrogens (tertiary/aromatic N) is 3. The normalized spacial score (nSPS) is 14.9. The number of likely N-dealkylation sites (N-methyl/N-ethyl adjacent to an activating group) is 1. The number of fused-ring (bicyclic) bond motifs is 1. The van der Waals surface area contributed by atoms with E-state index in [1.54, 1.807) is 29.3 Å². The maximum atomic E-state index is 14.1. The first-order chi connectivity index (χ1) is 18.9. The molecule has 0 saturated carbocycles. The fraction of sp³-hybridized carbons (Fsp3) is 0.290. The molecular weight excluding hydrogens is 492 g/mol. The van der Waals surface area contributed by atoms with Crippen LogP contribution >= 0.6 is 0 Å². The van der Waals surface area contributed by atoms with E-state index in [1.807, 2.05) is 49.5 Å². The number of carbonyl (C=O) groups excluding carboxylic acids is 2. The van der Waals surface area contributed by atoms with Crippen molar-refractivity contribution in [1.82, 2.24) is 20.2 Å². The number of hydrogen-bond donors (Lipinski definition) is 2.